The van der Waals surface area contributed by atoms with Crippen molar-refractivity contribution in [3.05, 3.63) is 57.6 Å². The topological polar surface area (TPSA) is 74.1 Å². The zero-order valence-electron chi connectivity index (χ0n) is 14.2. The van der Waals surface area contributed by atoms with E-state index in [4.69, 9.17) is 32.7 Å². The molecule has 0 atom stereocenters. The lowest BCUT2D eigenvalue weighted by Gasteiger charge is -2.14. The molecule has 136 valence electrons. The number of aromatic nitrogens is 4. The molecule has 1 heterocycles. The van der Waals surface area contributed by atoms with Crippen LogP contribution in [0.5, 0.6) is 11.5 Å². The number of anilines is 1. The Kier molecular flexibility index (Phi) is 5.80. The van der Waals surface area contributed by atoms with Crippen LogP contribution in [0.1, 0.15) is 11.1 Å². The van der Waals surface area contributed by atoms with Crippen LogP contribution in [0.15, 0.2) is 36.4 Å². The molecule has 0 aliphatic heterocycles. The van der Waals surface area contributed by atoms with Crippen molar-refractivity contribution < 1.29 is 9.47 Å². The average molecular weight is 394 g/mol. The van der Waals surface area contributed by atoms with Gasteiger partial charge in [-0.1, -0.05) is 40.4 Å². The summed E-state index contributed by atoms with van der Waals surface area (Å²) in [5, 5.41) is 15.5. The molecule has 3 aromatic rings. The molecule has 0 unspecified atom stereocenters. The number of hydrogen-bond donors (Lipinski definition) is 1. The van der Waals surface area contributed by atoms with Gasteiger partial charge in [-0.3, -0.25) is 0 Å². The van der Waals surface area contributed by atoms with E-state index in [1.807, 2.05) is 18.2 Å². The monoisotopic (exact) mass is 393 g/mol. The van der Waals surface area contributed by atoms with Crippen LogP contribution in [0.2, 0.25) is 10.0 Å². The number of nitrogens with one attached hydrogen (secondary N) is 1. The second-order valence-electron chi connectivity index (χ2n) is 5.45. The van der Waals surface area contributed by atoms with E-state index in [9.17, 15) is 0 Å². The van der Waals surface area contributed by atoms with Crippen molar-refractivity contribution in [2.24, 2.45) is 7.05 Å². The van der Waals surface area contributed by atoms with Gasteiger partial charge in [0.15, 0.2) is 11.5 Å². The predicted octanol–water partition coefficient (Wildman–Crippen LogP) is 3.72. The van der Waals surface area contributed by atoms with E-state index in [2.05, 4.69) is 20.8 Å². The van der Waals surface area contributed by atoms with Gasteiger partial charge in [-0.25, -0.2) is 4.68 Å². The molecule has 0 saturated carbocycles. The van der Waals surface area contributed by atoms with Crippen LogP contribution in [0.25, 0.3) is 0 Å². The minimum absolute atomic E-state index is 0.247. The number of rotatable bonds is 7. The summed E-state index contributed by atoms with van der Waals surface area (Å²) >= 11 is 12.4. The number of benzene rings is 2. The molecule has 9 heteroatoms. The number of aryl methyl sites for hydroxylation is 1. The van der Waals surface area contributed by atoms with Gasteiger partial charge in [-0.15, -0.1) is 0 Å². The highest BCUT2D eigenvalue weighted by Gasteiger charge is 2.10. The normalized spacial score (nSPS) is 10.6. The number of tetrazole rings is 1. The van der Waals surface area contributed by atoms with E-state index in [0.29, 0.717) is 34.0 Å². The SMILES string of the molecule is COc1cc(CNc2nnnn2C)ccc1OCc1c(Cl)cccc1Cl. The molecule has 0 amide bonds. The third-order valence-corrected chi connectivity index (χ3v) is 4.44. The molecule has 0 bridgehead atoms. The number of ether oxygens (including phenoxy) is 2. The van der Waals surface area contributed by atoms with Crippen LogP contribution < -0.4 is 14.8 Å². The van der Waals surface area contributed by atoms with Crippen molar-refractivity contribution in [2.45, 2.75) is 13.2 Å². The second-order valence-corrected chi connectivity index (χ2v) is 6.27. The van der Waals surface area contributed by atoms with Gasteiger partial charge in [0.1, 0.15) is 6.61 Å². The van der Waals surface area contributed by atoms with Gasteiger partial charge in [-0.2, -0.15) is 0 Å². The first kappa shape index (κ1) is 18.3. The molecule has 3 rings (SSSR count). The zero-order chi connectivity index (χ0) is 18.5. The fraction of sp³-hybridized carbons (Fsp3) is 0.235. The Hall–Kier alpha value is -2.51. The van der Waals surface area contributed by atoms with Gasteiger partial charge in [-0.05, 0) is 40.3 Å². The highest BCUT2D eigenvalue weighted by Crippen LogP contribution is 2.31. The van der Waals surface area contributed by atoms with Gasteiger partial charge in [0.25, 0.3) is 0 Å². The molecular formula is C17H17Cl2N5O2. The molecular weight excluding hydrogens is 377 g/mol. The van der Waals surface area contributed by atoms with Gasteiger partial charge in [0.2, 0.25) is 5.95 Å². The Labute approximate surface area is 160 Å². The Morgan fingerprint density at radius 3 is 2.54 bits per heavy atom. The molecule has 1 N–H and O–H groups in total. The minimum atomic E-state index is 0.247. The highest BCUT2D eigenvalue weighted by atomic mass is 35.5. The van der Waals surface area contributed by atoms with Crippen molar-refractivity contribution in [2.75, 3.05) is 12.4 Å². The maximum Gasteiger partial charge on any atom is 0.242 e. The molecule has 1 aromatic heterocycles. The smallest absolute Gasteiger partial charge is 0.242 e. The summed E-state index contributed by atoms with van der Waals surface area (Å²) in [6.07, 6.45) is 0. The molecule has 26 heavy (non-hydrogen) atoms. The van der Waals surface area contributed by atoms with Crippen molar-refractivity contribution in [1.82, 2.24) is 20.2 Å². The molecule has 2 aromatic carbocycles. The first-order valence-corrected chi connectivity index (χ1v) is 8.53. The van der Waals surface area contributed by atoms with Crippen LogP contribution in [-0.2, 0) is 20.2 Å². The lowest BCUT2D eigenvalue weighted by molar-refractivity contribution is 0.284. The first-order valence-electron chi connectivity index (χ1n) is 7.77. The summed E-state index contributed by atoms with van der Waals surface area (Å²) in [7, 11) is 3.36. The van der Waals surface area contributed by atoms with Crippen LogP contribution in [0.4, 0.5) is 5.95 Å². The van der Waals surface area contributed by atoms with E-state index in [1.165, 1.54) is 0 Å². The maximum atomic E-state index is 6.18. The standard InChI is InChI=1S/C17H17Cl2N5O2/c1-24-17(21-22-23-24)20-9-11-6-7-15(16(8-11)25-2)26-10-12-13(18)4-3-5-14(12)19/h3-8H,9-10H2,1-2H3,(H,20,21,23). The van der Waals surface area contributed by atoms with Crippen LogP contribution in [0, 0.1) is 0 Å². The Balaban J connectivity index is 1.69. The maximum absolute atomic E-state index is 6.18. The summed E-state index contributed by atoms with van der Waals surface area (Å²) in [5.41, 5.74) is 1.73. The molecule has 0 spiro atoms. The molecule has 0 aliphatic carbocycles. The quantitative estimate of drug-likeness (QED) is 0.659. The Bertz CT molecular complexity index is 880. The minimum Gasteiger partial charge on any atom is -0.493 e. The molecule has 0 aliphatic rings. The molecule has 0 radical (unpaired) electrons. The predicted molar refractivity (Wildman–Crippen MR) is 99.9 cm³/mol. The lowest BCUT2D eigenvalue weighted by atomic mass is 10.2. The summed E-state index contributed by atoms with van der Waals surface area (Å²) in [6, 6.07) is 11.0. The van der Waals surface area contributed by atoms with Gasteiger partial charge < -0.3 is 14.8 Å². The van der Waals surface area contributed by atoms with Crippen LogP contribution >= 0.6 is 23.2 Å². The lowest BCUT2D eigenvalue weighted by Crippen LogP contribution is -2.06. The van der Waals surface area contributed by atoms with Crippen molar-refractivity contribution in [1.29, 1.82) is 0 Å². The van der Waals surface area contributed by atoms with E-state index < -0.39 is 0 Å². The summed E-state index contributed by atoms with van der Waals surface area (Å²) in [4.78, 5) is 0. The van der Waals surface area contributed by atoms with Crippen molar-refractivity contribution in [3.63, 3.8) is 0 Å². The third kappa shape index (κ3) is 4.17. The van der Waals surface area contributed by atoms with Crippen molar-refractivity contribution in [3.8, 4) is 11.5 Å². The number of halogens is 2. The third-order valence-electron chi connectivity index (χ3n) is 3.73. The molecule has 7 nitrogen and oxygen atoms in total. The Morgan fingerprint density at radius 1 is 1.12 bits per heavy atom. The number of hydrogen-bond acceptors (Lipinski definition) is 6. The average Bonchev–Trinajstić information content (AvgIpc) is 3.05. The van der Waals surface area contributed by atoms with Gasteiger partial charge in [0.05, 0.1) is 7.11 Å². The molecule has 0 saturated heterocycles. The highest BCUT2D eigenvalue weighted by molar-refractivity contribution is 6.35. The van der Waals surface area contributed by atoms with Crippen LogP contribution in [-0.4, -0.2) is 27.3 Å². The fourth-order valence-electron chi connectivity index (χ4n) is 2.32. The number of nitrogens with zero attached hydrogens (tertiary/aromatic N) is 4. The van der Waals surface area contributed by atoms with Gasteiger partial charge >= 0.3 is 0 Å². The first-order chi connectivity index (χ1) is 12.6. The van der Waals surface area contributed by atoms with Gasteiger partial charge in [0, 0.05) is 29.2 Å². The van der Waals surface area contributed by atoms with Crippen LogP contribution in [0.3, 0.4) is 0 Å². The Morgan fingerprint density at radius 2 is 1.88 bits per heavy atom. The zero-order valence-corrected chi connectivity index (χ0v) is 15.8. The fourth-order valence-corrected chi connectivity index (χ4v) is 2.83. The van der Waals surface area contributed by atoms with E-state index in [1.54, 1.807) is 37.0 Å². The van der Waals surface area contributed by atoms with E-state index in [-0.39, 0.29) is 6.61 Å². The largest absolute Gasteiger partial charge is 0.493 e. The second kappa shape index (κ2) is 8.25. The summed E-state index contributed by atoms with van der Waals surface area (Å²) in [6.45, 7) is 0.790. The van der Waals surface area contributed by atoms with Crippen molar-refractivity contribution >= 4 is 29.2 Å². The summed E-state index contributed by atoms with van der Waals surface area (Å²) < 4.78 is 12.8. The number of methoxy groups -OCH3 is 1. The van der Waals surface area contributed by atoms with E-state index in [0.717, 1.165) is 11.1 Å². The molecule has 0 fully saturated rings. The van der Waals surface area contributed by atoms with E-state index >= 15 is 0 Å². The summed E-state index contributed by atoms with van der Waals surface area (Å²) in [5.74, 6) is 1.80.